The van der Waals surface area contributed by atoms with Crippen molar-refractivity contribution in [2.75, 3.05) is 52.9 Å². The maximum Gasteiger partial charge on any atom is 0.407 e. The highest BCUT2D eigenvalue weighted by atomic mass is 16.4. The molecule has 1 fully saturated rings. The molecular formula is C13H22N4O7. The molecule has 1 heterocycles. The molecule has 0 aromatic carbocycles. The van der Waals surface area contributed by atoms with Crippen LogP contribution in [0.2, 0.25) is 0 Å². The predicted octanol–water partition coefficient (Wildman–Crippen LogP) is -0.561. The molecule has 1 aliphatic rings. The smallest absolute Gasteiger partial charge is 0.407 e. The van der Waals surface area contributed by atoms with E-state index in [9.17, 15) is 29.4 Å². The van der Waals surface area contributed by atoms with Crippen LogP contribution >= 0.6 is 0 Å². The number of carboxylic acid groups (broad SMARTS) is 3. The fourth-order valence-corrected chi connectivity index (χ4v) is 2.31. The summed E-state index contributed by atoms with van der Waals surface area (Å²) in [6.45, 7) is -0.121. The molecule has 11 nitrogen and oxygen atoms in total. The summed E-state index contributed by atoms with van der Waals surface area (Å²) in [5.41, 5.74) is 0. The van der Waals surface area contributed by atoms with Crippen LogP contribution in [-0.4, -0.2) is 118 Å². The number of hydrogen-bond acceptors (Lipinski definition) is 5. The summed E-state index contributed by atoms with van der Waals surface area (Å²) in [4.78, 5) is 49.6. The van der Waals surface area contributed by atoms with Crippen LogP contribution in [0.15, 0.2) is 0 Å². The molecule has 1 unspecified atom stereocenters. The Morgan fingerprint density at radius 2 is 1.17 bits per heavy atom. The van der Waals surface area contributed by atoms with Gasteiger partial charge in [0.25, 0.3) is 0 Å². The summed E-state index contributed by atoms with van der Waals surface area (Å²) in [7, 11) is 1.61. The van der Waals surface area contributed by atoms with Gasteiger partial charge in [-0.15, -0.1) is 0 Å². The molecular weight excluding hydrogens is 324 g/mol. The van der Waals surface area contributed by atoms with Crippen molar-refractivity contribution in [1.29, 1.82) is 0 Å². The molecule has 0 saturated carbocycles. The van der Waals surface area contributed by atoms with Gasteiger partial charge in [-0.3, -0.25) is 4.90 Å². The third-order valence-corrected chi connectivity index (χ3v) is 3.94. The van der Waals surface area contributed by atoms with Crippen molar-refractivity contribution in [3.05, 3.63) is 0 Å². The SMILES string of the molecule is CN1CCN(C(=O)O)CCN(C(=O)O)CCN(C(=O)O)CC1C=O. The Morgan fingerprint density at radius 1 is 0.792 bits per heavy atom. The van der Waals surface area contributed by atoms with Crippen LogP contribution in [0.4, 0.5) is 14.4 Å². The second kappa shape index (κ2) is 8.91. The van der Waals surface area contributed by atoms with Gasteiger partial charge >= 0.3 is 18.3 Å². The second-order valence-electron chi connectivity index (χ2n) is 5.45. The fraction of sp³-hybridized carbons (Fsp3) is 0.692. The molecule has 0 radical (unpaired) electrons. The molecule has 1 saturated heterocycles. The van der Waals surface area contributed by atoms with Gasteiger partial charge < -0.3 is 34.8 Å². The third-order valence-electron chi connectivity index (χ3n) is 3.94. The van der Waals surface area contributed by atoms with Gasteiger partial charge in [0.2, 0.25) is 0 Å². The van der Waals surface area contributed by atoms with E-state index in [4.69, 9.17) is 5.11 Å². The maximum absolute atomic E-state index is 11.3. The highest BCUT2D eigenvalue weighted by Crippen LogP contribution is 2.04. The van der Waals surface area contributed by atoms with E-state index in [-0.39, 0.29) is 45.8 Å². The second-order valence-corrected chi connectivity index (χ2v) is 5.45. The molecule has 0 bridgehead atoms. The first-order valence-electron chi connectivity index (χ1n) is 7.35. The fourth-order valence-electron chi connectivity index (χ4n) is 2.31. The molecule has 1 aliphatic heterocycles. The Bertz CT molecular complexity index is 487. The molecule has 3 amide bonds. The summed E-state index contributed by atoms with van der Waals surface area (Å²) in [5, 5.41) is 27.6. The average Bonchev–Trinajstić information content (AvgIpc) is 2.49. The standard InChI is InChI=1S/C13H22N4O7/c1-14-2-3-15(11(19)20)4-5-16(12(21)22)6-7-17(13(23)24)8-10(14)9-18/h9-10H,2-8H2,1H3,(H,19,20)(H,21,22)(H,23,24). The average molecular weight is 346 g/mol. The van der Waals surface area contributed by atoms with E-state index in [0.717, 1.165) is 14.7 Å². The summed E-state index contributed by atoms with van der Waals surface area (Å²) >= 11 is 0. The number of amides is 3. The van der Waals surface area contributed by atoms with Crippen molar-refractivity contribution in [2.45, 2.75) is 6.04 Å². The summed E-state index contributed by atoms with van der Waals surface area (Å²) in [6, 6.07) is -0.741. The minimum absolute atomic E-state index is 0.0334. The summed E-state index contributed by atoms with van der Waals surface area (Å²) < 4.78 is 0. The quantitative estimate of drug-likeness (QED) is 0.536. The van der Waals surface area contributed by atoms with E-state index < -0.39 is 24.3 Å². The molecule has 1 rings (SSSR count). The number of likely N-dealkylation sites (N-methyl/N-ethyl adjacent to an activating group) is 1. The summed E-state index contributed by atoms with van der Waals surface area (Å²) in [6.07, 6.45) is -3.08. The lowest BCUT2D eigenvalue weighted by Gasteiger charge is -2.33. The van der Waals surface area contributed by atoms with E-state index >= 15 is 0 Å². The van der Waals surface area contributed by atoms with Gasteiger partial charge in [-0.2, -0.15) is 0 Å². The van der Waals surface area contributed by atoms with Crippen molar-refractivity contribution >= 4 is 24.6 Å². The van der Waals surface area contributed by atoms with Crippen LogP contribution in [0.1, 0.15) is 0 Å². The van der Waals surface area contributed by atoms with Crippen LogP contribution in [0, 0.1) is 0 Å². The molecule has 0 spiro atoms. The number of aldehydes is 1. The molecule has 0 aromatic rings. The Kier molecular flexibility index (Phi) is 7.24. The first-order valence-corrected chi connectivity index (χ1v) is 7.35. The van der Waals surface area contributed by atoms with Crippen molar-refractivity contribution in [2.24, 2.45) is 0 Å². The number of carbonyl (C=O) groups is 4. The Hall–Kier alpha value is -2.56. The van der Waals surface area contributed by atoms with E-state index in [2.05, 4.69) is 0 Å². The number of carbonyl (C=O) groups excluding carboxylic acids is 1. The Labute approximate surface area is 138 Å². The van der Waals surface area contributed by atoms with Crippen LogP contribution < -0.4 is 0 Å². The van der Waals surface area contributed by atoms with Gasteiger partial charge in [-0.25, -0.2) is 14.4 Å². The van der Waals surface area contributed by atoms with Crippen molar-refractivity contribution < 1.29 is 34.5 Å². The minimum Gasteiger partial charge on any atom is -0.465 e. The lowest BCUT2D eigenvalue weighted by Crippen LogP contribution is -2.51. The normalized spacial score (nSPS) is 21.5. The molecule has 3 N–H and O–H groups in total. The maximum atomic E-state index is 11.3. The van der Waals surface area contributed by atoms with Gasteiger partial charge in [-0.05, 0) is 7.05 Å². The Morgan fingerprint density at radius 3 is 1.54 bits per heavy atom. The monoisotopic (exact) mass is 346 g/mol. The molecule has 24 heavy (non-hydrogen) atoms. The zero-order valence-corrected chi connectivity index (χ0v) is 13.4. The lowest BCUT2D eigenvalue weighted by molar-refractivity contribution is -0.112. The lowest BCUT2D eigenvalue weighted by atomic mass is 10.2. The van der Waals surface area contributed by atoms with Gasteiger partial charge in [0.15, 0.2) is 0 Å². The zero-order chi connectivity index (χ0) is 18.3. The van der Waals surface area contributed by atoms with E-state index in [0.29, 0.717) is 6.29 Å². The van der Waals surface area contributed by atoms with Crippen LogP contribution in [-0.2, 0) is 4.79 Å². The number of hydrogen-bond donors (Lipinski definition) is 3. The number of nitrogens with zero attached hydrogens (tertiary/aromatic N) is 4. The topological polar surface area (TPSA) is 142 Å². The highest BCUT2D eigenvalue weighted by Gasteiger charge is 2.25. The molecule has 11 heteroatoms. The predicted molar refractivity (Wildman–Crippen MR) is 81.3 cm³/mol. The van der Waals surface area contributed by atoms with E-state index in [1.54, 1.807) is 11.9 Å². The van der Waals surface area contributed by atoms with Crippen LogP contribution in [0.25, 0.3) is 0 Å². The highest BCUT2D eigenvalue weighted by molar-refractivity contribution is 5.68. The third kappa shape index (κ3) is 5.57. The van der Waals surface area contributed by atoms with Crippen LogP contribution in [0.3, 0.4) is 0 Å². The van der Waals surface area contributed by atoms with Crippen LogP contribution in [0.5, 0.6) is 0 Å². The molecule has 1 atom stereocenters. The van der Waals surface area contributed by atoms with E-state index in [1.807, 2.05) is 0 Å². The molecule has 0 aromatic heterocycles. The zero-order valence-electron chi connectivity index (χ0n) is 13.4. The first kappa shape index (κ1) is 19.5. The van der Waals surface area contributed by atoms with Gasteiger partial charge in [0, 0.05) is 45.8 Å². The largest absolute Gasteiger partial charge is 0.465 e. The minimum atomic E-state index is -1.26. The Balaban J connectivity index is 2.97. The number of rotatable bonds is 1. The molecule has 0 aliphatic carbocycles. The van der Waals surface area contributed by atoms with Crippen molar-refractivity contribution in [3.63, 3.8) is 0 Å². The van der Waals surface area contributed by atoms with Gasteiger partial charge in [0.05, 0.1) is 6.04 Å². The van der Waals surface area contributed by atoms with E-state index in [1.165, 1.54) is 0 Å². The van der Waals surface area contributed by atoms with Gasteiger partial charge in [-0.1, -0.05) is 0 Å². The first-order chi connectivity index (χ1) is 11.3. The summed E-state index contributed by atoms with van der Waals surface area (Å²) in [5.74, 6) is 0. The van der Waals surface area contributed by atoms with Gasteiger partial charge in [0.1, 0.15) is 6.29 Å². The molecule has 136 valence electrons. The van der Waals surface area contributed by atoms with Crippen molar-refractivity contribution in [3.8, 4) is 0 Å². The van der Waals surface area contributed by atoms with Crippen molar-refractivity contribution in [1.82, 2.24) is 19.6 Å².